The average molecular weight is 780 g/mol. The summed E-state index contributed by atoms with van der Waals surface area (Å²) >= 11 is 0. The Balaban J connectivity index is 1.02. The van der Waals surface area contributed by atoms with Gasteiger partial charge in [-0.2, -0.15) is 0 Å². The van der Waals surface area contributed by atoms with Crippen molar-refractivity contribution < 1.29 is 4.42 Å². The zero-order chi connectivity index (χ0) is 40.7. The van der Waals surface area contributed by atoms with Gasteiger partial charge < -0.3 is 9.32 Å². The molecule has 0 N–H and O–H groups in total. The second kappa shape index (κ2) is 15.3. The summed E-state index contributed by atoms with van der Waals surface area (Å²) < 4.78 is 6.49. The highest BCUT2D eigenvalue weighted by molar-refractivity contribution is 6.13. The standard InChI is InChI=1S/C59H41NO/c1-40-49-21-13-14-29-58(49)61-59(40)45-19-15-20-48(38-45)60(47-36-32-43(33-37-47)57-39-44-18-5-6-24-52(44)55-27-11-12-28-56(55)57)46-34-30-42(31-35-46)51-23-8-10-26-54(51)53-25-9-7-22-50(53)41-16-3-2-4-17-41/h2-39H,1H3. The molecule has 0 aliphatic rings. The van der Waals surface area contributed by atoms with E-state index < -0.39 is 0 Å². The van der Waals surface area contributed by atoms with Crippen molar-refractivity contribution in [3.8, 4) is 55.8 Å². The van der Waals surface area contributed by atoms with E-state index in [9.17, 15) is 0 Å². The van der Waals surface area contributed by atoms with Crippen LogP contribution in [-0.2, 0) is 0 Å². The fourth-order valence-electron chi connectivity index (χ4n) is 9.11. The van der Waals surface area contributed by atoms with Crippen molar-refractivity contribution in [2.24, 2.45) is 0 Å². The molecule has 11 aromatic rings. The molecule has 2 nitrogen and oxygen atoms in total. The predicted molar refractivity (Wildman–Crippen MR) is 258 cm³/mol. The molecule has 0 amide bonds. The lowest BCUT2D eigenvalue weighted by molar-refractivity contribution is 0.629. The molecule has 10 aromatic carbocycles. The molecule has 0 saturated heterocycles. The van der Waals surface area contributed by atoms with Gasteiger partial charge in [0, 0.05) is 33.6 Å². The minimum absolute atomic E-state index is 0.893. The third kappa shape index (κ3) is 6.56. The topological polar surface area (TPSA) is 16.4 Å². The van der Waals surface area contributed by atoms with Crippen molar-refractivity contribution in [3.05, 3.63) is 236 Å². The molecular weight excluding hydrogens is 739 g/mol. The highest BCUT2D eigenvalue weighted by Crippen LogP contribution is 2.43. The zero-order valence-electron chi connectivity index (χ0n) is 33.8. The maximum Gasteiger partial charge on any atom is 0.138 e. The first-order valence-electron chi connectivity index (χ1n) is 20.9. The minimum Gasteiger partial charge on any atom is -0.456 e. The number of benzene rings is 10. The molecular formula is C59H41NO. The predicted octanol–water partition coefficient (Wildman–Crippen LogP) is 16.9. The summed E-state index contributed by atoms with van der Waals surface area (Å²) in [7, 11) is 0. The lowest BCUT2D eigenvalue weighted by Gasteiger charge is -2.26. The molecule has 288 valence electrons. The van der Waals surface area contributed by atoms with E-state index >= 15 is 0 Å². The molecule has 1 aromatic heterocycles. The number of fused-ring (bicyclic) bond motifs is 4. The summed E-state index contributed by atoms with van der Waals surface area (Å²) in [5.41, 5.74) is 15.9. The molecule has 1 heterocycles. The monoisotopic (exact) mass is 779 g/mol. The van der Waals surface area contributed by atoms with Crippen molar-refractivity contribution in [2.75, 3.05) is 4.90 Å². The Morgan fingerprint density at radius 3 is 1.46 bits per heavy atom. The first kappa shape index (κ1) is 36.2. The van der Waals surface area contributed by atoms with Crippen LogP contribution < -0.4 is 4.90 Å². The Bertz CT molecular complexity index is 3360. The quantitative estimate of drug-likeness (QED) is 0.143. The molecule has 0 radical (unpaired) electrons. The lowest BCUT2D eigenvalue weighted by atomic mass is 9.89. The average Bonchev–Trinajstić information content (AvgIpc) is 3.68. The van der Waals surface area contributed by atoms with Gasteiger partial charge in [0.15, 0.2) is 0 Å². The molecule has 0 atom stereocenters. The van der Waals surface area contributed by atoms with Crippen LogP contribution in [0.3, 0.4) is 0 Å². The molecule has 0 aliphatic carbocycles. The molecule has 2 heteroatoms. The highest BCUT2D eigenvalue weighted by Gasteiger charge is 2.19. The third-order valence-corrected chi connectivity index (χ3v) is 12.1. The number of furan rings is 1. The van der Waals surface area contributed by atoms with E-state index in [0.717, 1.165) is 50.5 Å². The SMILES string of the molecule is Cc1c(-c2cccc(N(c3ccc(-c4ccccc4-c4ccccc4-c4ccccc4)cc3)c3ccc(-c4cc5ccccc5c5ccccc45)cc3)c2)oc2ccccc12. The smallest absolute Gasteiger partial charge is 0.138 e. The summed E-state index contributed by atoms with van der Waals surface area (Å²) in [4.78, 5) is 2.35. The minimum atomic E-state index is 0.893. The van der Waals surface area contributed by atoms with Crippen molar-refractivity contribution in [2.45, 2.75) is 6.92 Å². The summed E-state index contributed by atoms with van der Waals surface area (Å²) in [5, 5.41) is 6.17. The van der Waals surface area contributed by atoms with Crippen LogP contribution in [0.1, 0.15) is 5.56 Å². The van der Waals surface area contributed by atoms with Crippen LogP contribution in [-0.4, -0.2) is 0 Å². The fourth-order valence-corrected chi connectivity index (χ4v) is 9.11. The maximum atomic E-state index is 6.49. The van der Waals surface area contributed by atoms with Crippen molar-refractivity contribution in [1.29, 1.82) is 0 Å². The van der Waals surface area contributed by atoms with E-state index in [-0.39, 0.29) is 0 Å². The van der Waals surface area contributed by atoms with Crippen LogP contribution in [0.5, 0.6) is 0 Å². The molecule has 0 saturated carbocycles. The molecule has 0 aliphatic heterocycles. The Morgan fingerprint density at radius 2 is 0.803 bits per heavy atom. The highest BCUT2D eigenvalue weighted by atomic mass is 16.3. The van der Waals surface area contributed by atoms with Crippen LogP contribution in [0.4, 0.5) is 17.1 Å². The second-order valence-electron chi connectivity index (χ2n) is 15.7. The Hall–Kier alpha value is -7.94. The van der Waals surface area contributed by atoms with Gasteiger partial charge >= 0.3 is 0 Å². The van der Waals surface area contributed by atoms with Gasteiger partial charge in [-0.3, -0.25) is 0 Å². The molecule has 0 bridgehead atoms. The summed E-state index contributed by atoms with van der Waals surface area (Å²) in [6.07, 6.45) is 0. The van der Waals surface area contributed by atoms with Crippen molar-refractivity contribution in [3.63, 3.8) is 0 Å². The second-order valence-corrected chi connectivity index (χ2v) is 15.7. The van der Waals surface area contributed by atoms with E-state index in [1.54, 1.807) is 0 Å². The van der Waals surface area contributed by atoms with Gasteiger partial charge in [0.25, 0.3) is 0 Å². The van der Waals surface area contributed by atoms with Crippen LogP contribution in [0.15, 0.2) is 235 Å². The zero-order valence-corrected chi connectivity index (χ0v) is 33.8. The van der Waals surface area contributed by atoms with Crippen LogP contribution >= 0.6 is 0 Å². The van der Waals surface area contributed by atoms with Gasteiger partial charge in [0.1, 0.15) is 11.3 Å². The summed E-state index contributed by atoms with van der Waals surface area (Å²) in [6, 6.07) is 82.9. The van der Waals surface area contributed by atoms with Crippen LogP contribution in [0, 0.1) is 6.92 Å². The number of para-hydroxylation sites is 1. The summed E-state index contributed by atoms with van der Waals surface area (Å²) in [5.74, 6) is 0.893. The number of hydrogen-bond acceptors (Lipinski definition) is 2. The first-order valence-corrected chi connectivity index (χ1v) is 20.9. The van der Waals surface area contributed by atoms with Crippen molar-refractivity contribution >= 4 is 49.6 Å². The van der Waals surface area contributed by atoms with E-state index in [4.69, 9.17) is 4.42 Å². The number of rotatable bonds is 8. The van der Waals surface area contributed by atoms with Gasteiger partial charge in [-0.1, -0.05) is 182 Å². The third-order valence-electron chi connectivity index (χ3n) is 12.1. The number of anilines is 3. The maximum absolute atomic E-state index is 6.49. The first-order chi connectivity index (χ1) is 30.2. The normalized spacial score (nSPS) is 11.4. The van der Waals surface area contributed by atoms with E-state index in [1.807, 2.05) is 12.1 Å². The van der Waals surface area contributed by atoms with E-state index in [1.165, 1.54) is 60.5 Å². The molecule has 61 heavy (non-hydrogen) atoms. The van der Waals surface area contributed by atoms with Crippen LogP contribution in [0.2, 0.25) is 0 Å². The van der Waals surface area contributed by atoms with Gasteiger partial charge in [0.2, 0.25) is 0 Å². The van der Waals surface area contributed by atoms with Crippen molar-refractivity contribution in [1.82, 2.24) is 0 Å². The van der Waals surface area contributed by atoms with Gasteiger partial charge in [-0.05, 0) is 122 Å². The van der Waals surface area contributed by atoms with E-state index in [0.29, 0.717) is 0 Å². The molecule has 0 spiro atoms. The lowest BCUT2D eigenvalue weighted by Crippen LogP contribution is -2.10. The van der Waals surface area contributed by atoms with Gasteiger partial charge in [-0.15, -0.1) is 0 Å². The fraction of sp³-hybridized carbons (Fsp3) is 0.0169. The van der Waals surface area contributed by atoms with Gasteiger partial charge in [0.05, 0.1) is 0 Å². The summed E-state index contributed by atoms with van der Waals surface area (Å²) in [6.45, 7) is 2.15. The largest absolute Gasteiger partial charge is 0.456 e. The Labute approximate surface area is 356 Å². The Morgan fingerprint density at radius 1 is 0.311 bits per heavy atom. The Kier molecular flexibility index (Phi) is 9.09. The molecule has 0 unspecified atom stereocenters. The number of hydrogen-bond donors (Lipinski definition) is 0. The van der Waals surface area contributed by atoms with Crippen LogP contribution in [0.25, 0.3) is 88.3 Å². The number of nitrogens with zero attached hydrogens (tertiary/aromatic N) is 1. The molecule has 11 rings (SSSR count). The van der Waals surface area contributed by atoms with Gasteiger partial charge in [-0.25, -0.2) is 0 Å². The molecule has 0 fully saturated rings. The number of aryl methyl sites for hydroxylation is 1. The van der Waals surface area contributed by atoms with E-state index in [2.05, 4.69) is 230 Å².